The van der Waals surface area contributed by atoms with E-state index in [0.717, 1.165) is 18.7 Å². The summed E-state index contributed by atoms with van der Waals surface area (Å²) in [7, 11) is 0. The minimum atomic E-state index is 0.0167. The molecular formula is C15H25N3O. The third-order valence-corrected chi connectivity index (χ3v) is 2.68. The van der Waals surface area contributed by atoms with E-state index < -0.39 is 0 Å². The first-order valence-corrected chi connectivity index (χ1v) is 6.97. The second-order valence-corrected chi connectivity index (χ2v) is 5.69. The van der Waals surface area contributed by atoms with Crippen molar-refractivity contribution in [2.24, 2.45) is 11.8 Å². The van der Waals surface area contributed by atoms with Crippen molar-refractivity contribution >= 4 is 17.4 Å². The largest absolute Gasteiger partial charge is 0.384 e. The Labute approximate surface area is 116 Å². The maximum atomic E-state index is 11.6. The van der Waals surface area contributed by atoms with Gasteiger partial charge in [-0.3, -0.25) is 4.79 Å². The van der Waals surface area contributed by atoms with Crippen LogP contribution in [0.4, 0.5) is 11.5 Å². The first kappa shape index (κ1) is 15.5. The van der Waals surface area contributed by atoms with E-state index in [1.807, 2.05) is 26.0 Å². The molecule has 19 heavy (non-hydrogen) atoms. The van der Waals surface area contributed by atoms with Gasteiger partial charge in [0, 0.05) is 13.0 Å². The molecule has 1 heterocycles. The molecule has 0 saturated heterocycles. The lowest BCUT2D eigenvalue weighted by Gasteiger charge is -2.09. The van der Waals surface area contributed by atoms with Gasteiger partial charge in [0.2, 0.25) is 5.91 Å². The van der Waals surface area contributed by atoms with E-state index >= 15 is 0 Å². The van der Waals surface area contributed by atoms with Gasteiger partial charge >= 0.3 is 0 Å². The topological polar surface area (TPSA) is 54.0 Å². The summed E-state index contributed by atoms with van der Waals surface area (Å²) in [4.78, 5) is 15.8. The quantitative estimate of drug-likeness (QED) is 0.791. The fourth-order valence-electron chi connectivity index (χ4n) is 1.64. The number of nitrogens with one attached hydrogen (secondary N) is 2. The third kappa shape index (κ3) is 6.79. The Kier molecular flexibility index (Phi) is 6.33. The number of carbonyl (C=O) groups is 1. The molecule has 1 amide bonds. The molecule has 2 N–H and O–H groups in total. The number of carbonyl (C=O) groups excluding carboxylic acids is 1. The first-order chi connectivity index (χ1) is 8.97. The van der Waals surface area contributed by atoms with Crippen molar-refractivity contribution in [2.45, 2.75) is 40.5 Å². The zero-order valence-electron chi connectivity index (χ0n) is 12.4. The predicted molar refractivity (Wildman–Crippen MR) is 80.3 cm³/mol. The number of hydrogen-bond acceptors (Lipinski definition) is 3. The smallest absolute Gasteiger partial charge is 0.225 e. The van der Waals surface area contributed by atoms with Gasteiger partial charge in [-0.1, -0.05) is 27.7 Å². The van der Waals surface area contributed by atoms with Crippen LogP contribution in [-0.2, 0) is 4.79 Å². The average molecular weight is 263 g/mol. The molecule has 4 nitrogen and oxygen atoms in total. The highest BCUT2D eigenvalue weighted by atomic mass is 16.1. The summed E-state index contributed by atoms with van der Waals surface area (Å²) in [5, 5.41) is 6.11. The molecule has 0 radical (unpaired) electrons. The number of hydrogen-bond donors (Lipinski definition) is 2. The normalized spacial score (nSPS) is 10.8. The van der Waals surface area contributed by atoms with Gasteiger partial charge < -0.3 is 10.6 Å². The van der Waals surface area contributed by atoms with Gasteiger partial charge in [0.1, 0.15) is 5.82 Å². The Bertz CT molecular complexity index is 385. The SMILES string of the molecule is CC(C)CCNc1ccc(NC(=O)CC(C)C)nc1. The van der Waals surface area contributed by atoms with Crippen LogP contribution < -0.4 is 10.6 Å². The molecule has 0 atom stereocenters. The molecule has 0 aliphatic carbocycles. The zero-order chi connectivity index (χ0) is 14.3. The van der Waals surface area contributed by atoms with E-state index in [2.05, 4.69) is 29.5 Å². The molecule has 0 spiro atoms. The number of anilines is 2. The molecule has 0 aliphatic heterocycles. The standard InChI is InChI=1S/C15H25N3O/c1-11(2)7-8-16-13-5-6-14(17-10-13)18-15(19)9-12(3)4/h5-6,10-12,16H,7-9H2,1-4H3,(H,17,18,19). The number of rotatable bonds is 7. The van der Waals surface area contributed by atoms with E-state index in [-0.39, 0.29) is 5.91 Å². The van der Waals surface area contributed by atoms with Crippen LogP contribution in [0.2, 0.25) is 0 Å². The summed E-state index contributed by atoms with van der Waals surface area (Å²) in [6, 6.07) is 3.77. The molecule has 1 rings (SSSR count). The molecule has 0 saturated carbocycles. The molecule has 4 heteroatoms. The van der Waals surface area contributed by atoms with Crippen LogP contribution in [0.1, 0.15) is 40.5 Å². The second kappa shape index (κ2) is 7.77. The summed E-state index contributed by atoms with van der Waals surface area (Å²) in [5.74, 6) is 1.68. The minimum Gasteiger partial charge on any atom is -0.384 e. The second-order valence-electron chi connectivity index (χ2n) is 5.69. The van der Waals surface area contributed by atoms with Gasteiger partial charge in [-0.15, -0.1) is 0 Å². The van der Waals surface area contributed by atoms with Crippen LogP contribution in [0.15, 0.2) is 18.3 Å². The number of amides is 1. The number of nitrogens with zero attached hydrogens (tertiary/aromatic N) is 1. The molecule has 1 aromatic rings. The highest BCUT2D eigenvalue weighted by Gasteiger charge is 2.05. The lowest BCUT2D eigenvalue weighted by atomic mass is 10.1. The van der Waals surface area contributed by atoms with Gasteiger partial charge in [0.05, 0.1) is 11.9 Å². The molecule has 1 aromatic heterocycles. The summed E-state index contributed by atoms with van der Waals surface area (Å²) < 4.78 is 0. The van der Waals surface area contributed by atoms with Gasteiger partial charge in [-0.05, 0) is 30.4 Å². The highest BCUT2D eigenvalue weighted by Crippen LogP contribution is 2.11. The van der Waals surface area contributed by atoms with Crippen molar-refractivity contribution in [3.05, 3.63) is 18.3 Å². The van der Waals surface area contributed by atoms with Crippen molar-refractivity contribution in [3.63, 3.8) is 0 Å². The Morgan fingerprint density at radius 3 is 2.47 bits per heavy atom. The fraction of sp³-hybridized carbons (Fsp3) is 0.600. The monoisotopic (exact) mass is 263 g/mol. The zero-order valence-corrected chi connectivity index (χ0v) is 12.4. The molecule has 0 aromatic carbocycles. The van der Waals surface area contributed by atoms with Crippen molar-refractivity contribution in [2.75, 3.05) is 17.2 Å². The van der Waals surface area contributed by atoms with Crippen LogP contribution in [-0.4, -0.2) is 17.4 Å². The van der Waals surface area contributed by atoms with Crippen LogP contribution in [0.3, 0.4) is 0 Å². The lowest BCUT2D eigenvalue weighted by Crippen LogP contribution is -2.14. The maximum absolute atomic E-state index is 11.6. The van der Waals surface area contributed by atoms with Crippen molar-refractivity contribution in [1.82, 2.24) is 4.98 Å². The molecular weight excluding hydrogens is 238 g/mol. The summed E-state index contributed by atoms with van der Waals surface area (Å²) >= 11 is 0. The van der Waals surface area contributed by atoms with Gasteiger partial charge in [-0.2, -0.15) is 0 Å². The minimum absolute atomic E-state index is 0.0167. The van der Waals surface area contributed by atoms with E-state index in [4.69, 9.17) is 0 Å². The lowest BCUT2D eigenvalue weighted by molar-refractivity contribution is -0.116. The van der Waals surface area contributed by atoms with E-state index in [0.29, 0.717) is 24.1 Å². The van der Waals surface area contributed by atoms with Crippen molar-refractivity contribution in [3.8, 4) is 0 Å². The Morgan fingerprint density at radius 1 is 1.21 bits per heavy atom. The average Bonchev–Trinajstić information content (AvgIpc) is 2.29. The van der Waals surface area contributed by atoms with E-state index in [1.54, 1.807) is 6.20 Å². The van der Waals surface area contributed by atoms with Crippen LogP contribution in [0.5, 0.6) is 0 Å². The maximum Gasteiger partial charge on any atom is 0.225 e. The molecule has 106 valence electrons. The molecule has 0 unspecified atom stereocenters. The van der Waals surface area contributed by atoms with Gasteiger partial charge in [-0.25, -0.2) is 4.98 Å². The Morgan fingerprint density at radius 2 is 1.95 bits per heavy atom. The molecule has 0 bridgehead atoms. The van der Waals surface area contributed by atoms with E-state index in [9.17, 15) is 4.79 Å². The van der Waals surface area contributed by atoms with Crippen LogP contribution >= 0.6 is 0 Å². The van der Waals surface area contributed by atoms with Crippen molar-refractivity contribution < 1.29 is 4.79 Å². The Hall–Kier alpha value is -1.58. The summed E-state index contributed by atoms with van der Waals surface area (Å²) in [6.45, 7) is 9.39. The fourth-order valence-corrected chi connectivity index (χ4v) is 1.64. The Balaban J connectivity index is 2.41. The van der Waals surface area contributed by atoms with Crippen LogP contribution in [0.25, 0.3) is 0 Å². The molecule has 0 aliphatic rings. The summed E-state index contributed by atoms with van der Waals surface area (Å²) in [5.41, 5.74) is 0.988. The van der Waals surface area contributed by atoms with E-state index in [1.165, 1.54) is 0 Å². The summed E-state index contributed by atoms with van der Waals surface area (Å²) in [6.07, 6.45) is 3.41. The molecule has 0 fully saturated rings. The number of pyridine rings is 1. The van der Waals surface area contributed by atoms with Crippen LogP contribution in [0, 0.1) is 11.8 Å². The van der Waals surface area contributed by atoms with Crippen molar-refractivity contribution in [1.29, 1.82) is 0 Å². The highest BCUT2D eigenvalue weighted by molar-refractivity contribution is 5.89. The predicted octanol–water partition coefficient (Wildman–Crippen LogP) is 3.52. The third-order valence-electron chi connectivity index (χ3n) is 2.68. The van der Waals surface area contributed by atoms with Gasteiger partial charge in [0.15, 0.2) is 0 Å². The van der Waals surface area contributed by atoms with Gasteiger partial charge in [0.25, 0.3) is 0 Å². The number of aromatic nitrogens is 1. The first-order valence-electron chi connectivity index (χ1n) is 6.97.